The molecule has 0 spiro atoms. The van der Waals surface area contributed by atoms with E-state index in [1.807, 2.05) is 0 Å². The van der Waals surface area contributed by atoms with Gasteiger partial charge in [0.15, 0.2) is 0 Å². The average molecular weight is 1050 g/mol. The molecular formula is C68H135NO5. The summed E-state index contributed by atoms with van der Waals surface area (Å²) < 4.78 is 5.50. The lowest BCUT2D eigenvalue weighted by Gasteiger charge is -2.22. The van der Waals surface area contributed by atoms with Crippen LogP contribution in [0.1, 0.15) is 399 Å². The Hall–Kier alpha value is -1.14. The molecule has 2 unspecified atom stereocenters. The molecule has 74 heavy (non-hydrogen) atoms. The minimum Gasteiger partial charge on any atom is -0.466 e. The van der Waals surface area contributed by atoms with E-state index in [2.05, 4.69) is 19.2 Å². The van der Waals surface area contributed by atoms with Gasteiger partial charge in [0.25, 0.3) is 0 Å². The maximum Gasteiger partial charge on any atom is 0.305 e. The van der Waals surface area contributed by atoms with E-state index in [4.69, 9.17) is 4.74 Å². The zero-order valence-corrected chi connectivity index (χ0v) is 50.6. The number of unbranched alkanes of at least 4 members (excludes halogenated alkanes) is 54. The Morgan fingerprint density at radius 1 is 0.324 bits per heavy atom. The van der Waals surface area contributed by atoms with Crippen molar-refractivity contribution >= 4 is 11.9 Å². The third-order valence-electron chi connectivity index (χ3n) is 16.4. The van der Waals surface area contributed by atoms with Gasteiger partial charge in [0, 0.05) is 12.8 Å². The molecule has 0 aliphatic rings. The summed E-state index contributed by atoms with van der Waals surface area (Å²) >= 11 is 0. The third-order valence-corrected chi connectivity index (χ3v) is 16.4. The number of hydrogen-bond donors (Lipinski definition) is 3. The minimum atomic E-state index is -0.662. The first kappa shape index (κ1) is 72.9. The number of ether oxygens (including phenoxy) is 1. The Balaban J connectivity index is 3.34. The highest BCUT2D eigenvalue weighted by Gasteiger charge is 2.20. The zero-order chi connectivity index (χ0) is 53.6. The van der Waals surface area contributed by atoms with Gasteiger partial charge in [-0.3, -0.25) is 9.59 Å². The molecule has 3 N–H and O–H groups in total. The molecule has 6 nitrogen and oxygen atoms in total. The Kier molecular flexibility index (Phi) is 63.4. The van der Waals surface area contributed by atoms with Gasteiger partial charge in [-0.05, 0) is 25.7 Å². The van der Waals surface area contributed by atoms with Gasteiger partial charge in [0.1, 0.15) is 0 Å². The number of rotatable bonds is 65. The predicted molar refractivity (Wildman–Crippen MR) is 324 cm³/mol. The maximum atomic E-state index is 12.5. The molecule has 0 rings (SSSR count). The monoisotopic (exact) mass is 1050 g/mol. The van der Waals surface area contributed by atoms with Crippen LogP contribution in [0.2, 0.25) is 0 Å². The van der Waals surface area contributed by atoms with Crippen LogP contribution in [0, 0.1) is 0 Å². The first-order valence-electron chi connectivity index (χ1n) is 34.3. The Labute approximate surface area is 464 Å². The maximum absolute atomic E-state index is 12.5. The summed E-state index contributed by atoms with van der Waals surface area (Å²) in [6.07, 6.45) is 77.1. The van der Waals surface area contributed by atoms with Gasteiger partial charge in [-0.1, -0.05) is 361 Å². The number of amides is 1. The van der Waals surface area contributed by atoms with Crippen molar-refractivity contribution in [3.05, 3.63) is 0 Å². The number of aliphatic hydroxyl groups is 2. The van der Waals surface area contributed by atoms with Crippen LogP contribution in [-0.4, -0.2) is 47.4 Å². The highest BCUT2D eigenvalue weighted by molar-refractivity contribution is 5.76. The number of carbonyl (C=O) groups is 2. The van der Waals surface area contributed by atoms with Crippen molar-refractivity contribution in [3.63, 3.8) is 0 Å². The van der Waals surface area contributed by atoms with Crippen molar-refractivity contribution in [2.75, 3.05) is 13.2 Å². The highest BCUT2D eigenvalue weighted by atomic mass is 16.5. The molecule has 0 aromatic heterocycles. The fourth-order valence-electron chi connectivity index (χ4n) is 11.2. The number of nitrogens with one attached hydrogen (secondary N) is 1. The minimum absolute atomic E-state index is 0.0206. The lowest BCUT2D eigenvalue weighted by atomic mass is 10.0. The molecule has 6 heteroatoms. The summed E-state index contributed by atoms with van der Waals surface area (Å²) in [7, 11) is 0. The van der Waals surface area contributed by atoms with E-state index in [9.17, 15) is 19.8 Å². The first-order chi connectivity index (χ1) is 36.5. The normalized spacial score (nSPS) is 12.4. The smallest absolute Gasteiger partial charge is 0.305 e. The largest absolute Gasteiger partial charge is 0.466 e. The average Bonchev–Trinajstić information content (AvgIpc) is 3.40. The van der Waals surface area contributed by atoms with Crippen LogP contribution in [0.15, 0.2) is 0 Å². The van der Waals surface area contributed by atoms with E-state index in [1.54, 1.807) is 0 Å². The fraction of sp³-hybridized carbons (Fsp3) is 0.971. The summed E-state index contributed by atoms with van der Waals surface area (Å²) in [5, 5.41) is 23.4. The summed E-state index contributed by atoms with van der Waals surface area (Å²) in [5.74, 6) is -0.00829. The van der Waals surface area contributed by atoms with E-state index in [0.717, 1.165) is 38.5 Å². The van der Waals surface area contributed by atoms with Crippen LogP contribution >= 0.6 is 0 Å². The van der Waals surface area contributed by atoms with E-state index < -0.39 is 12.1 Å². The van der Waals surface area contributed by atoms with Crippen molar-refractivity contribution in [1.29, 1.82) is 0 Å². The molecule has 0 aliphatic heterocycles. The second-order valence-electron chi connectivity index (χ2n) is 23.9. The molecule has 0 saturated carbocycles. The Morgan fingerprint density at radius 2 is 0.554 bits per heavy atom. The van der Waals surface area contributed by atoms with Crippen molar-refractivity contribution in [2.24, 2.45) is 0 Å². The standard InChI is InChI=1S/C68H135NO5/c1-3-5-7-9-11-13-15-17-19-29-33-36-40-44-48-52-56-60-66(71)65(64-70)69-67(72)61-57-53-49-45-41-37-34-30-27-25-23-21-20-22-24-26-28-31-35-39-43-47-51-55-59-63-74-68(73)62-58-54-50-46-42-38-32-18-16-14-12-10-8-6-4-2/h65-66,70-71H,3-64H2,1-2H3,(H,69,72). The zero-order valence-electron chi connectivity index (χ0n) is 50.6. The van der Waals surface area contributed by atoms with Crippen LogP contribution in [0.5, 0.6) is 0 Å². The van der Waals surface area contributed by atoms with Gasteiger partial charge < -0.3 is 20.3 Å². The molecule has 0 heterocycles. The molecule has 0 bridgehead atoms. The molecule has 0 aromatic carbocycles. The van der Waals surface area contributed by atoms with Crippen molar-refractivity contribution in [2.45, 2.75) is 411 Å². The number of carbonyl (C=O) groups excluding carboxylic acids is 2. The van der Waals surface area contributed by atoms with E-state index >= 15 is 0 Å². The van der Waals surface area contributed by atoms with Gasteiger partial charge in [0.2, 0.25) is 5.91 Å². The van der Waals surface area contributed by atoms with Crippen LogP contribution in [0.25, 0.3) is 0 Å². The Bertz CT molecular complexity index is 1070. The lowest BCUT2D eigenvalue weighted by molar-refractivity contribution is -0.143. The molecule has 0 saturated heterocycles. The quantitative estimate of drug-likeness (QED) is 0.0417. The van der Waals surface area contributed by atoms with Gasteiger partial charge in [0.05, 0.1) is 25.4 Å². The molecule has 0 aromatic rings. The Morgan fingerprint density at radius 3 is 0.824 bits per heavy atom. The van der Waals surface area contributed by atoms with Gasteiger partial charge in [-0.15, -0.1) is 0 Å². The molecule has 2 atom stereocenters. The van der Waals surface area contributed by atoms with Crippen LogP contribution in [0.4, 0.5) is 0 Å². The van der Waals surface area contributed by atoms with Gasteiger partial charge in [-0.2, -0.15) is 0 Å². The van der Waals surface area contributed by atoms with E-state index in [-0.39, 0.29) is 18.5 Å². The van der Waals surface area contributed by atoms with Crippen LogP contribution in [-0.2, 0) is 14.3 Å². The third kappa shape index (κ3) is 60.1. The summed E-state index contributed by atoms with van der Waals surface area (Å²) in [4.78, 5) is 24.6. The molecule has 442 valence electrons. The number of esters is 1. The molecule has 1 amide bonds. The van der Waals surface area contributed by atoms with Crippen LogP contribution < -0.4 is 5.32 Å². The molecular weight excluding hydrogens is 911 g/mol. The highest BCUT2D eigenvalue weighted by Crippen LogP contribution is 2.19. The van der Waals surface area contributed by atoms with Gasteiger partial charge in [-0.25, -0.2) is 0 Å². The van der Waals surface area contributed by atoms with Crippen molar-refractivity contribution < 1.29 is 24.5 Å². The number of hydrogen-bond acceptors (Lipinski definition) is 5. The molecule has 0 radical (unpaired) electrons. The second-order valence-corrected chi connectivity index (χ2v) is 23.9. The molecule has 0 fully saturated rings. The summed E-state index contributed by atoms with van der Waals surface area (Å²) in [5.41, 5.74) is 0. The first-order valence-corrected chi connectivity index (χ1v) is 34.3. The van der Waals surface area contributed by atoms with Crippen LogP contribution in [0.3, 0.4) is 0 Å². The fourth-order valence-corrected chi connectivity index (χ4v) is 11.2. The van der Waals surface area contributed by atoms with Gasteiger partial charge >= 0.3 is 5.97 Å². The predicted octanol–water partition coefficient (Wildman–Crippen LogP) is 21.8. The SMILES string of the molecule is CCCCCCCCCCCCCCCCCCCC(O)C(CO)NC(=O)CCCCCCCCCCCCCCCCCCCCCCCCCCCOC(=O)CCCCCCCCCCCCCCCCC. The lowest BCUT2D eigenvalue weighted by Crippen LogP contribution is -2.45. The summed E-state index contributed by atoms with van der Waals surface area (Å²) in [6, 6.07) is -0.539. The number of aliphatic hydroxyl groups excluding tert-OH is 2. The van der Waals surface area contributed by atoms with Crippen molar-refractivity contribution in [3.8, 4) is 0 Å². The second kappa shape index (κ2) is 64.4. The van der Waals surface area contributed by atoms with Crippen molar-refractivity contribution in [1.82, 2.24) is 5.32 Å². The topological polar surface area (TPSA) is 95.9 Å². The van der Waals surface area contributed by atoms with E-state index in [1.165, 1.54) is 327 Å². The van der Waals surface area contributed by atoms with E-state index in [0.29, 0.717) is 25.9 Å². The summed E-state index contributed by atoms with van der Waals surface area (Å²) in [6.45, 7) is 5.00. The molecule has 0 aliphatic carbocycles.